The number of unbranched alkanes of at least 4 members (excludes halogenated alkanes) is 2. The molecule has 1 spiro atoms. The maximum absolute atomic E-state index is 12.3. The van der Waals surface area contributed by atoms with E-state index in [9.17, 15) is 24.0 Å². The Kier molecular flexibility index (Phi) is 26.0. The molecule has 7 aliphatic rings. The number of rotatable bonds is 11. The van der Waals surface area contributed by atoms with E-state index in [0.29, 0.717) is 58.6 Å². The third-order valence-electron chi connectivity index (χ3n) is 17.6. The quantitative estimate of drug-likeness (QED) is 0.203. The zero-order chi connectivity index (χ0) is 59.2. The summed E-state index contributed by atoms with van der Waals surface area (Å²) in [4.78, 5) is 70.7. The van der Waals surface area contributed by atoms with E-state index in [4.69, 9.17) is 9.47 Å². The first kappa shape index (κ1) is 66.9. The van der Waals surface area contributed by atoms with Gasteiger partial charge in [0.25, 0.3) is 0 Å². The minimum absolute atomic E-state index is 0.0270. The van der Waals surface area contributed by atoms with Crippen molar-refractivity contribution in [3.63, 3.8) is 0 Å². The highest BCUT2D eigenvalue weighted by molar-refractivity contribution is 8.21. The van der Waals surface area contributed by atoms with E-state index in [-0.39, 0.29) is 47.4 Å². The van der Waals surface area contributed by atoms with Crippen molar-refractivity contribution in [1.29, 1.82) is 0 Å². The first-order valence-electron chi connectivity index (χ1n) is 31.0. The number of hydrogen-bond donors (Lipinski definition) is 0. The molecule has 4 saturated heterocycles. The van der Waals surface area contributed by atoms with E-state index in [0.717, 1.165) is 61.9 Å². The fourth-order valence-electron chi connectivity index (χ4n) is 13.0. The molecule has 5 fully saturated rings. The number of hydrogen-bond acceptors (Lipinski definition) is 9. The lowest BCUT2D eigenvalue weighted by molar-refractivity contribution is -0.138. The second kappa shape index (κ2) is 31.1. The second-order valence-corrected chi connectivity index (χ2v) is 28.8. The highest BCUT2D eigenvalue weighted by Gasteiger charge is 2.48. The van der Waals surface area contributed by atoms with Gasteiger partial charge in [-0.3, -0.25) is 24.0 Å². The molecule has 12 nitrogen and oxygen atoms in total. The summed E-state index contributed by atoms with van der Waals surface area (Å²) in [6.07, 6.45) is 15.3. The minimum atomic E-state index is 0.0270. The molecular weight excluding hydrogens is 1040 g/mol. The third kappa shape index (κ3) is 17.3. The summed E-state index contributed by atoms with van der Waals surface area (Å²) in [6, 6.07) is 15.0. The Morgan fingerprint density at radius 1 is 0.575 bits per heavy atom. The SMILES string of the molecule is CC(C)C(=O)N1C(C)CC2CCCC21.CC(C)C(=O)N1CC2(CC1C)SCCS2.CC(C)C(=O)N1Cc2ccccc2CC1C.CCCCCC(C)C(=O)N1CCCC1C.COc1cc2c(cc1OC)CN(C(=O)C(C)C)C(C)C2. The maximum atomic E-state index is 12.3. The third-order valence-corrected chi connectivity index (χ3v) is 21.1. The van der Waals surface area contributed by atoms with Crippen molar-refractivity contribution in [2.75, 3.05) is 38.8 Å². The van der Waals surface area contributed by atoms with Crippen molar-refractivity contribution in [2.24, 2.45) is 35.5 Å². The molecule has 0 aromatic heterocycles. The Labute approximate surface area is 493 Å². The smallest absolute Gasteiger partial charge is 0.225 e. The normalized spacial score (nSPS) is 24.7. The van der Waals surface area contributed by atoms with Crippen LogP contribution < -0.4 is 9.47 Å². The number of ether oxygens (including phenoxy) is 2. The Morgan fingerprint density at radius 2 is 1.10 bits per heavy atom. The zero-order valence-corrected chi connectivity index (χ0v) is 54.4. The van der Waals surface area contributed by atoms with E-state index in [1.807, 2.05) is 83.4 Å². The summed E-state index contributed by atoms with van der Waals surface area (Å²) in [5.41, 5.74) is 5.08. The molecule has 1 aliphatic carbocycles. The average molecular weight is 1150 g/mol. The summed E-state index contributed by atoms with van der Waals surface area (Å²) in [7, 11) is 3.28. The van der Waals surface area contributed by atoms with Gasteiger partial charge in [-0.25, -0.2) is 0 Å². The van der Waals surface area contributed by atoms with Crippen LogP contribution in [0.3, 0.4) is 0 Å². The standard InChI is InChI=1S/C16H23NO3.C14H19NO.C13H25NO.C12H21NO.C11H19NOS2/c1-10(2)16(18)17-9-13-8-15(20-5)14(19-4)7-12(13)6-11(17)3;1-10(2)14(16)15-9-13-7-5-4-6-12(13)8-11(15)3;1-4-5-6-8-11(2)13(15)14-10-7-9-12(14)3;1-8(2)12(14)13-9(3)7-10-5-4-6-11(10)13;1-8(2)10(13)12-7-11(6-9(12)3)14-4-5-15-11/h7-8,10-11H,6,9H2,1-5H3;4-7,10-11H,8-9H2,1-3H3;11-12H,4-10H2,1-3H3;8-11H,4-7H2,1-3H3;8-9H,4-7H2,1-3H3. The van der Waals surface area contributed by atoms with Crippen molar-refractivity contribution in [2.45, 2.75) is 241 Å². The summed E-state index contributed by atoms with van der Waals surface area (Å²) in [5, 5.41) is 0. The number of benzene rings is 2. The first-order chi connectivity index (χ1) is 37.9. The van der Waals surface area contributed by atoms with Crippen LogP contribution in [0.15, 0.2) is 36.4 Å². The lowest BCUT2D eigenvalue weighted by Crippen LogP contribution is -2.44. The van der Waals surface area contributed by atoms with Crippen LogP contribution in [0.4, 0.5) is 0 Å². The molecule has 2 aromatic rings. The molecule has 9 rings (SSSR count). The van der Waals surface area contributed by atoms with Gasteiger partial charge in [0.1, 0.15) is 0 Å². The van der Waals surface area contributed by atoms with E-state index >= 15 is 0 Å². The van der Waals surface area contributed by atoms with E-state index in [1.54, 1.807) is 14.2 Å². The molecule has 80 heavy (non-hydrogen) atoms. The summed E-state index contributed by atoms with van der Waals surface area (Å²) >= 11 is 4.12. The molecule has 1 saturated carbocycles. The van der Waals surface area contributed by atoms with Crippen LogP contribution in [0.1, 0.15) is 197 Å². The van der Waals surface area contributed by atoms with Crippen LogP contribution in [0.25, 0.3) is 0 Å². The lowest BCUT2D eigenvalue weighted by Gasteiger charge is -2.36. The number of amides is 5. The number of carbonyl (C=O) groups is 5. The number of methoxy groups -OCH3 is 2. The number of carbonyl (C=O) groups excluding carboxylic acids is 5. The van der Waals surface area contributed by atoms with Gasteiger partial charge in [-0.2, -0.15) is 0 Å². The summed E-state index contributed by atoms with van der Waals surface area (Å²) < 4.78 is 11.0. The molecule has 8 unspecified atom stereocenters. The van der Waals surface area contributed by atoms with Crippen LogP contribution in [0.5, 0.6) is 11.5 Å². The Balaban J connectivity index is 0.000000185. The van der Waals surface area contributed by atoms with Crippen molar-refractivity contribution >= 4 is 53.1 Å². The van der Waals surface area contributed by atoms with Crippen molar-refractivity contribution in [1.82, 2.24) is 24.5 Å². The molecule has 450 valence electrons. The molecule has 0 radical (unpaired) electrons. The number of thioether (sulfide) groups is 2. The van der Waals surface area contributed by atoms with E-state index in [2.05, 4.69) is 105 Å². The maximum Gasteiger partial charge on any atom is 0.225 e. The average Bonchev–Trinajstić information content (AvgIpc) is 4.29. The van der Waals surface area contributed by atoms with Crippen LogP contribution in [0, 0.1) is 35.5 Å². The lowest BCUT2D eigenvalue weighted by atomic mass is 9.93. The number of nitrogens with zero attached hydrogens (tertiary/aromatic N) is 5. The number of likely N-dealkylation sites (tertiary alicyclic amines) is 3. The second-order valence-electron chi connectivity index (χ2n) is 25.5. The Morgan fingerprint density at radius 3 is 1.62 bits per heavy atom. The topological polar surface area (TPSA) is 120 Å². The molecule has 6 aliphatic heterocycles. The van der Waals surface area contributed by atoms with Gasteiger partial charge < -0.3 is 34.0 Å². The van der Waals surface area contributed by atoms with Gasteiger partial charge in [-0.05, 0) is 133 Å². The highest BCUT2D eigenvalue weighted by Crippen LogP contribution is 2.52. The van der Waals surface area contributed by atoms with Crippen molar-refractivity contribution in [3.8, 4) is 11.5 Å². The van der Waals surface area contributed by atoms with Gasteiger partial charge in [0.15, 0.2) is 11.5 Å². The fourth-order valence-corrected chi connectivity index (χ4v) is 16.4. The summed E-state index contributed by atoms with van der Waals surface area (Å²) in [5.74, 6) is 6.99. The minimum Gasteiger partial charge on any atom is -0.493 e. The molecule has 6 heterocycles. The zero-order valence-electron chi connectivity index (χ0n) is 52.7. The Hall–Kier alpha value is -3.91. The van der Waals surface area contributed by atoms with Crippen LogP contribution in [0.2, 0.25) is 0 Å². The molecule has 0 N–H and O–H groups in total. The van der Waals surface area contributed by atoms with Gasteiger partial charge in [-0.15, -0.1) is 23.5 Å². The van der Waals surface area contributed by atoms with Crippen molar-refractivity contribution < 1.29 is 33.4 Å². The van der Waals surface area contributed by atoms with Crippen molar-refractivity contribution in [3.05, 3.63) is 58.7 Å². The highest BCUT2D eigenvalue weighted by atomic mass is 32.2. The predicted molar refractivity (Wildman–Crippen MR) is 332 cm³/mol. The number of fused-ring (bicyclic) bond motifs is 3. The van der Waals surface area contributed by atoms with Gasteiger partial charge in [0.05, 0.1) is 18.3 Å². The van der Waals surface area contributed by atoms with Gasteiger partial charge >= 0.3 is 0 Å². The predicted octanol–water partition coefficient (Wildman–Crippen LogP) is 13.3. The molecule has 0 bridgehead atoms. The van der Waals surface area contributed by atoms with Gasteiger partial charge in [0.2, 0.25) is 29.5 Å². The van der Waals surface area contributed by atoms with Gasteiger partial charge in [0, 0.05) is 104 Å². The van der Waals surface area contributed by atoms with Crippen LogP contribution in [-0.4, -0.2) is 133 Å². The van der Waals surface area contributed by atoms with Gasteiger partial charge in [-0.1, -0.05) is 119 Å². The van der Waals surface area contributed by atoms with E-state index < -0.39 is 0 Å². The largest absolute Gasteiger partial charge is 0.493 e. The molecule has 14 heteroatoms. The fraction of sp³-hybridized carbons (Fsp3) is 0.742. The van der Waals surface area contributed by atoms with Crippen LogP contribution >= 0.6 is 23.5 Å². The van der Waals surface area contributed by atoms with E-state index in [1.165, 1.54) is 92.4 Å². The monoisotopic (exact) mass is 1150 g/mol. The van der Waals surface area contributed by atoms with Crippen LogP contribution in [-0.2, 0) is 49.9 Å². The molecule has 8 atom stereocenters. The first-order valence-corrected chi connectivity index (χ1v) is 33.0. The molecule has 2 aromatic carbocycles. The summed E-state index contributed by atoms with van der Waals surface area (Å²) in [6.45, 7) is 34.3. The molecule has 5 amide bonds. The molecular formula is C66H107N5O7S2. The Bertz CT molecular complexity index is 2340.